The summed E-state index contributed by atoms with van der Waals surface area (Å²) in [6.45, 7) is 7.15. The molecule has 0 aliphatic carbocycles. The zero-order chi connectivity index (χ0) is 12.4. The summed E-state index contributed by atoms with van der Waals surface area (Å²) in [5, 5.41) is 3.56. The lowest BCUT2D eigenvalue weighted by Crippen LogP contribution is -2.34. The Kier molecular flexibility index (Phi) is 5.12. The molecule has 0 spiro atoms. The van der Waals surface area contributed by atoms with Crippen LogP contribution in [0.1, 0.15) is 37.3 Å². The molecule has 0 radical (unpaired) electrons. The first kappa shape index (κ1) is 14.7. The zero-order valence-corrected chi connectivity index (χ0v) is 12.6. The number of nitrogens with one attached hydrogen (secondary N) is 1. The summed E-state index contributed by atoms with van der Waals surface area (Å²) in [5.41, 5.74) is 4.44. The van der Waals surface area contributed by atoms with Gasteiger partial charge in [-0.05, 0) is 42.9 Å². The van der Waals surface area contributed by atoms with E-state index >= 15 is 0 Å². The third-order valence-electron chi connectivity index (χ3n) is 4.51. The predicted octanol–water partition coefficient (Wildman–Crippen LogP) is 3.70. The molecule has 1 atom stereocenters. The van der Waals surface area contributed by atoms with Crippen LogP contribution < -0.4 is 5.32 Å². The van der Waals surface area contributed by atoms with E-state index in [0.717, 1.165) is 19.0 Å². The molecule has 2 nitrogen and oxygen atoms in total. The Morgan fingerprint density at radius 3 is 3.11 bits per heavy atom. The third kappa shape index (κ3) is 3.24. The zero-order valence-electron chi connectivity index (χ0n) is 11.8. The molecule has 3 heteroatoms. The molecule has 2 heterocycles. The number of piperidine rings is 1. The molecule has 1 fully saturated rings. The average Bonchev–Trinajstić information content (AvgIpc) is 2.88. The van der Waals surface area contributed by atoms with E-state index in [9.17, 15) is 0 Å². The molecule has 1 unspecified atom stereocenters. The van der Waals surface area contributed by atoms with E-state index in [1.54, 1.807) is 0 Å². The topological polar surface area (TPSA) is 15.3 Å². The number of likely N-dealkylation sites (tertiary alicyclic amines) is 1. The predicted molar refractivity (Wildman–Crippen MR) is 84.2 cm³/mol. The molecule has 1 saturated heterocycles. The van der Waals surface area contributed by atoms with Gasteiger partial charge < -0.3 is 5.32 Å². The number of halogens is 1. The highest BCUT2D eigenvalue weighted by Gasteiger charge is 2.20. The Morgan fingerprint density at radius 1 is 1.37 bits per heavy atom. The van der Waals surface area contributed by atoms with Crippen molar-refractivity contribution in [2.75, 3.05) is 25.0 Å². The van der Waals surface area contributed by atoms with Gasteiger partial charge in [0.1, 0.15) is 0 Å². The highest BCUT2D eigenvalue weighted by Crippen LogP contribution is 2.29. The molecular formula is C16H25ClN2. The number of hydrogen-bond donors (Lipinski definition) is 1. The fraction of sp³-hybridized carbons (Fsp3) is 0.625. The SMILES string of the molecule is CCC1CCCN(Cc2cccc3c2NCC3)C1.Cl. The maximum absolute atomic E-state index is 3.56. The average molecular weight is 281 g/mol. The molecule has 19 heavy (non-hydrogen) atoms. The maximum atomic E-state index is 3.56. The Hall–Kier alpha value is -0.730. The van der Waals surface area contributed by atoms with Crippen molar-refractivity contribution < 1.29 is 0 Å². The number of rotatable bonds is 3. The van der Waals surface area contributed by atoms with Crippen molar-refractivity contribution in [2.24, 2.45) is 5.92 Å². The highest BCUT2D eigenvalue weighted by molar-refractivity contribution is 5.85. The van der Waals surface area contributed by atoms with Crippen molar-refractivity contribution in [2.45, 2.75) is 39.2 Å². The summed E-state index contributed by atoms with van der Waals surface area (Å²) in [6.07, 6.45) is 5.33. The van der Waals surface area contributed by atoms with Gasteiger partial charge in [0, 0.05) is 25.3 Å². The van der Waals surface area contributed by atoms with E-state index in [0.29, 0.717) is 0 Å². The molecule has 2 aliphatic heterocycles. The molecule has 106 valence electrons. The molecule has 0 amide bonds. The van der Waals surface area contributed by atoms with Crippen LogP contribution in [-0.2, 0) is 13.0 Å². The standard InChI is InChI=1S/C16H24N2.ClH/c1-2-13-5-4-10-18(11-13)12-15-7-3-6-14-8-9-17-16(14)15;/h3,6-7,13,17H,2,4-5,8-12H2,1H3;1H. The van der Waals surface area contributed by atoms with Crippen LogP contribution >= 0.6 is 12.4 Å². The van der Waals surface area contributed by atoms with Crippen LogP contribution in [0.25, 0.3) is 0 Å². The van der Waals surface area contributed by atoms with Crippen molar-refractivity contribution in [1.82, 2.24) is 4.90 Å². The Bertz CT molecular complexity index is 419. The highest BCUT2D eigenvalue weighted by atomic mass is 35.5. The summed E-state index contributed by atoms with van der Waals surface area (Å²) >= 11 is 0. The van der Waals surface area contributed by atoms with Gasteiger partial charge in [-0.2, -0.15) is 0 Å². The molecular weight excluding hydrogens is 256 g/mol. The van der Waals surface area contributed by atoms with Gasteiger partial charge in [0.25, 0.3) is 0 Å². The maximum Gasteiger partial charge on any atom is 0.0419 e. The molecule has 0 bridgehead atoms. The van der Waals surface area contributed by atoms with Crippen molar-refractivity contribution in [1.29, 1.82) is 0 Å². The number of nitrogens with zero attached hydrogens (tertiary/aromatic N) is 1. The van der Waals surface area contributed by atoms with Crippen molar-refractivity contribution in [3.8, 4) is 0 Å². The second kappa shape index (κ2) is 6.62. The van der Waals surface area contributed by atoms with Gasteiger partial charge in [-0.3, -0.25) is 4.90 Å². The van der Waals surface area contributed by atoms with E-state index in [1.165, 1.54) is 55.6 Å². The van der Waals surface area contributed by atoms with Crippen LogP contribution in [0, 0.1) is 5.92 Å². The second-order valence-electron chi connectivity index (χ2n) is 5.78. The van der Waals surface area contributed by atoms with Crippen molar-refractivity contribution >= 4 is 18.1 Å². The normalized spacial score (nSPS) is 22.5. The largest absolute Gasteiger partial charge is 0.384 e. The fourth-order valence-corrected chi connectivity index (χ4v) is 3.41. The first-order chi connectivity index (χ1) is 8.86. The van der Waals surface area contributed by atoms with Gasteiger partial charge in [-0.25, -0.2) is 0 Å². The summed E-state index contributed by atoms with van der Waals surface area (Å²) in [6, 6.07) is 6.79. The molecule has 0 saturated carbocycles. The van der Waals surface area contributed by atoms with E-state index in [4.69, 9.17) is 0 Å². The minimum atomic E-state index is 0. The molecule has 1 aromatic rings. The van der Waals surface area contributed by atoms with Crippen molar-refractivity contribution in [3.05, 3.63) is 29.3 Å². The van der Waals surface area contributed by atoms with Gasteiger partial charge in [0.05, 0.1) is 0 Å². The van der Waals surface area contributed by atoms with Gasteiger partial charge in [-0.1, -0.05) is 31.5 Å². The lowest BCUT2D eigenvalue weighted by atomic mass is 9.95. The van der Waals surface area contributed by atoms with E-state index in [-0.39, 0.29) is 12.4 Å². The summed E-state index contributed by atoms with van der Waals surface area (Å²) in [4.78, 5) is 2.65. The monoisotopic (exact) mass is 280 g/mol. The van der Waals surface area contributed by atoms with E-state index in [2.05, 4.69) is 35.3 Å². The first-order valence-electron chi connectivity index (χ1n) is 7.44. The second-order valence-corrected chi connectivity index (χ2v) is 5.78. The molecule has 1 aromatic carbocycles. The summed E-state index contributed by atoms with van der Waals surface area (Å²) in [7, 11) is 0. The van der Waals surface area contributed by atoms with Gasteiger partial charge in [-0.15, -0.1) is 12.4 Å². The smallest absolute Gasteiger partial charge is 0.0419 e. The summed E-state index contributed by atoms with van der Waals surface area (Å²) in [5.74, 6) is 0.920. The Morgan fingerprint density at radius 2 is 2.26 bits per heavy atom. The number of hydrogen-bond acceptors (Lipinski definition) is 2. The Labute approximate surface area is 123 Å². The van der Waals surface area contributed by atoms with Crippen LogP contribution in [0.5, 0.6) is 0 Å². The minimum absolute atomic E-state index is 0. The van der Waals surface area contributed by atoms with Crippen LogP contribution in [0.4, 0.5) is 5.69 Å². The lowest BCUT2D eigenvalue weighted by molar-refractivity contribution is 0.165. The molecule has 1 N–H and O–H groups in total. The quantitative estimate of drug-likeness (QED) is 0.908. The number of fused-ring (bicyclic) bond motifs is 1. The third-order valence-corrected chi connectivity index (χ3v) is 4.51. The van der Waals surface area contributed by atoms with Gasteiger partial charge >= 0.3 is 0 Å². The van der Waals surface area contributed by atoms with Gasteiger partial charge in [0.15, 0.2) is 0 Å². The van der Waals surface area contributed by atoms with Crippen LogP contribution in [0.3, 0.4) is 0 Å². The molecule has 2 aliphatic rings. The fourth-order valence-electron chi connectivity index (χ4n) is 3.41. The molecule has 0 aromatic heterocycles. The summed E-state index contributed by atoms with van der Waals surface area (Å²) < 4.78 is 0. The van der Waals surface area contributed by atoms with Crippen molar-refractivity contribution in [3.63, 3.8) is 0 Å². The lowest BCUT2D eigenvalue weighted by Gasteiger charge is -2.32. The first-order valence-corrected chi connectivity index (χ1v) is 7.44. The minimum Gasteiger partial charge on any atom is -0.384 e. The van der Waals surface area contributed by atoms with Crippen LogP contribution in [0.2, 0.25) is 0 Å². The van der Waals surface area contributed by atoms with Crippen LogP contribution in [-0.4, -0.2) is 24.5 Å². The number of anilines is 1. The molecule has 3 rings (SSSR count). The Balaban J connectivity index is 0.00000133. The van der Waals surface area contributed by atoms with Crippen LogP contribution in [0.15, 0.2) is 18.2 Å². The van der Waals surface area contributed by atoms with E-state index < -0.39 is 0 Å². The van der Waals surface area contributed by atoms with Gasteiger partial charge in [0.2, 0.25) is 0 Å². The van der Waals surface area contributed by atoms with E-state index in [1.807, 2.05) is 0 Å². The number of benzene rings is 1. The number of para-hydroxylation sites is 1.